The van der Waals surface area contributed by atoms with Gasteiger partial charge in [0.2, 0.25) is 0 Å². The van der Waals surface area contributed by atoms with Crippen molar-refractivity contribution in [3.8, 4) is 11.5 Å². The van der Waals surface area contributed by atoms with Crippen molar-refractivity contribution in [2.24, 2.45) is 4.99 Å². The molecule has 2 atom stereocenters. The van der Waals surface area contributed by atoms with E-state index in [0.717, 1.165) is 30.9 Å². The van der Waals surface area contributed by atoms with Gasteiger partial charge in [0.15, 0.2) is 5.60 Å². The summed E-state index contributed by atoms with van der Waals surface area (Å²) in [5, 5.41) is 0. The Morgan fingerprint density at radius 3 is 3.22 bits per heavy atom. The third-order valence-corrected chi connectivity index (χ3v) is 4.61. The van der Waals surface area contributed by atoms with Gasteiger partial charge in [0.05, 0.1) is 25.3 Å². The highest BCUT2D eigenvalue weighted by Crippen LogP contribution is 2.53. The van der Waals surface area contributed by atoms with Gasteiger partial charge in [-0.05, 0) is 43.9 Å². The lowest BCUT2D eigenvalue weighted by Crippen LogP contribution is -2.45. The van der Waals surface area contributed by atoms with Gasteiger partial charge < -0.3 is 9.47 Å². The van der Waals surface area contributed by atoms with Crippen LogP contribution in [-0.4, -0.2) is 25.0 Å². The number of rotatable bonds is 1. The summed E-state index contributed by atoms with van der Waals surface area (Å²) < 4.78 is 11.7. The van der Waals surface area contributed by atoms with Crippen LogP contribution in [-0.2, 0) is 0 Å². The molecule has 1 aromatic rings. The van der Waals surface area contributed by atoms with Crippen LogP contribution < -0.4 is 9.47 Å². The molecule has 2 aliphatic heterocycles. The number of hydrogen-bond donors (Lipinski definition) is 0. The summed E-state index contributed by atoms with van der Waals surface area (Å²) in [7, 11) is 1.71. The number of nitrogens with zero attached hydrogens (tertiary/aromatic N) is 1. The first-order valence-corrected chi connectivity index (χ1v) is 6.74. The summed E-state index contributed by atoms with van der Waals surface area (Å²) in [6, 6.07) is 6.16. The SMILES string of the molecule is COc1ccc2c(c1)[C@@H]1CN=C3CCCC[C@@]31O2. The third kappa shape index (κ3) is 1.17. The van der Waals surface area contributed by atoms with Crippen LogP contribution in [0.25, 0.3) is 0 Å². The van der Waals surface area contributed by atoms with Gasteiger partial charge in [-0.2, -0.15) is 0 Å². The van der Waals surface area contributed by atoms with Crippen LogP contribution in [0, 0.1) is 0 Å². The quantitative estimate of drug-likeness (QED) is 0.759. The van der Waals surface area contributed by atoms with Gasteiger partial charge in [-0.3, -0.25) is 4.99 Å². The maximum absolute atomic E-state index is 6.34. The molecular formula is C15H17NO2. The minimum atomic E-state index is -0.104. The molecule has 1 saturated carbocycles. The molecule has 0 saturated heterocycles. The second kappa shape index (κ2) is 3.50. The van der Waals surface area contributed by atoms with Gasteiger partial charge in [0.1, 0.15) is 11.5 Å². The van der Waals surface area contributed by atoms with Crippen molar-refractivity contribution >= 4 is 5.71 Å². The first-order chi connectivity index (χ1) is 8.83. The van der Waals surface area contributed by atoms with E-state index in [9.17, 15) is 0 Å². The van der Waals surface area contributed by atoms with Crippen molar-refractivity contribution in [2.45, 2.75) is 37.2 Å². The van der Waals surface area contributed by atoms with E-state index in [4.69, 9.17) is 14.5 Å². The Bertz CT molecular complexity index is 537. The molecule has 0 unspecified atom stereocenters. The number of fused-ring (bicyclic) bond motifs is 2. The Morgan fingerprint density at radius 2 is 2.33 bits per heavy atom. The zero-order chi connectivity index (χ0) is 12.2. The number of aliphatic imine (C=N–C) groups is 1. The number of hydrogen-bond acceptors (Lipinski definition) is 3. The Hall–Kier alpha value is -1.51. The maximum Gasteiger partial charge on any atom is 0.155 e. The molecule has 2 heterocycles. The van der Waals surface area contributed by atoms with Crippen LogP contribution in [0.15, 0.2) is 23.2 Å². The van der Waals surface area contributed by atoms with E-state index < -0.39 is 0 Å². The summed E-state index contributed by atoms with van der Waals surface area (Å²) in [4.78, 5) is 4.74. The van der Waals surface area contributed by atoms with Crippen molar-refractivity contribution in [1.82, 2.24) is 0 Å². The van der Waals surface area contributed by atoms with Gasteiger partial charge in [-0.25, -0.2) is 0 Å². The van der Waals surface area contributed by atoms with E-state index in [2.05, 4.69) is 6.07 Å². The van der Waals surface area contributed by atoms with Gasteiger partial charge in [-0.1, -0.05) is 0 Å². The first kappa shape index (κ1) is 10.4. The molecule has 1 aromatic carbocycles. The minimum Gasteiger partial charge on any atom is -0.497 e. The fraction of sp³-hybridized carbons (Fsp3) is 0.533. The summed E-state index contributed by atoms with van der Waals surface area (Å²) in [5.41, 5.74) is 2.48. The smallest absolute Gasteiger partial charge is 0.155 e. The Labute approximate surface area is 107 Å². The van der Waals surface area contributed by atoms with Crippen LogP contribution in [0.3, 0.4) is 0 Å². The van der Waals surface area contributed by atoms with Crippen LogP contribution in [0.5, 0.6) is 11.5 Å². The molecule has 3 aliphatic rings. The summed E-state index contributed by atoms with van der Waals surface area (Å²) in [6.07, 6.45) is 4.74. The number of benzene rings is 1. The molecule has 1 fully saturated rings. The molecular weight excluding hydrogens is 226 g/mol. The Balaban J connectivity index is 1.80. The molecule has 1 aliphatic carbocycles. The van der Waals surface area contributed by atoms with E-state index in [-0.39, 0.29) is 5.60 Å². The topological polar surface area (TPSA) is 30.8 Å². The molecule has 0 amide bonds. The van der Waals surface area contributed by atoms with Crippen molar-refractivity contribution in [3.63, 3.8) is 0 Å². The second-order valence-electron chi connectivity index (χ2n) is 5.44. The largest absolute Gasteiger partial charge is 0.497 e. The average molecular weight is 243 g/mol. The molecule has 0 N–H and O–H groups in total. The number of ether oxygens (including phenoxy) is 2. The minimum absolute atomic E-state index is 0.104. The van der Waals surface area contributed by atoms with Gasteiger partial charge in [-0.15, -0.1) is 0 Å². The molecule has 0 radical (unpaired) electrons. The third-order valence-electron chi connectivity index (χ3n) is 4.61. The Kier molecular flexibility index (Phi) is 2.02. The predicted molar refractivity (Wildman–Crippen MR) is 69.9 cm³/mol. The molecule has 0 aromatic heterocycles. The van der Waals surface area contributed by atoms with E-state index in [0.29, 0.717) is 5.92 Å². The van der Waals surface area contributed by atoms with Crippen molar-refractivity contribution in [3.05, 3.63) is 23.8 Å². The van der Waals surface area contributed by atoms with Crippen molar-refractivity contribution in [1.29, 1.82) is 0 Å². The zero-order valence-electron chi connectivity index (χ0n) is 10.6. The van der Waals surface area contributed by atoms with Crippen LogP contribution in [0.2, 0.25) is 0 Å². The molecule has 3 nitrogen and oxygen atoms in total. The van der Waals surface area contributed by atoms with Crippen LogP contribution in [0.1, 0.15) is 37.2 Å². The monoisotopic (exact) mass is 243 g/mol. The standard InChI is InChI=1S/C15H17NO2/c1-17-10-5-6-13-11(8-10)12-9-16-14-4-2-3-7-15(12,14)18-13/h5-6,8,12H,2-4,7,9H2,1H3/t12-,15-/m0/s1. The molecule has 1 spiro atoms. The molecule has 18 heavy (non-hydrogen) atoms. The van der Waals surface area contributed by atoms with E-state index >= 15 is 0 Å². The fourth-order valence-electron chi connectivity index (χ4n) is 3.72. The van der Waals surface area contributed by atoms with Crippen molar-refractivity contribution < 1.29 is 9.47 Å². The van der Waals surface area contributed by atoms with Gasteiger partial charge in [0, 0.05) is 5.56 Å². The van der Waals surface area contributed by atoms with E-state index in [1.165, 1.54) is 24.1 Å². The lowest BCUT2D eigenvalue weighted by atomic mass is 9.75. The summed E-state index contributed by atoms with van der Waals surface area (Å²) >= 11 is 0. The predicted octanol–water partition coefficient (Wildman–Crippen LogP) is 2.94. The van der Waals surface area contributed by atoms with Gasteiger partial charge in [0.25, 0.3) is 0 Å². The van der Waals surface area contributed by atoms with Gasteiger partial charge >= 0.3 is 0 Å². The normalized spacial score (nSPS) is 32.1. The van der Waals surface area contributed by atoms with Crippen molar-refractivity contribution in [2.75, 3.05) is 13.7 Å². The second-order valence-corrected chi connectivity index (χ2v) is 5.44. The molecule has 94 valence electrons. The maximum atomic E-state index is 6.34. The average Bonchev–Trinajstić information content (AvgIpc) is 2.90. The molecule has 4 rings (SSSR count). The Morgan fingerprint density at radius 1 is 1.39 bits per heavy atom. The highest BCUT2D eigenvalue weighted by atomic mass is 16.5. The molecule has 3 heteroatoms. The summed E-state index contributed by atoms with van der Waals surface area (Å²) in [5.74, 6) is 2.37. The number of methoxy groups -OCH3 is 1. The first-order valence-electron chi connectivity index (χ1n) is 6.74. The van der Waals surface area contributed by atoms with E-state index in [1.807, 2.05) is 12.1 Å². The molecule has 0 bridgehead atoms. The summed E-state index contributed by atoms with van der Waals surface area (Å²) in [6.45, 7) is 0.884. The van der Waals surface area contributed by atoms with Crippen LogP contribution >= 0.6 is 0 Å². The van der Waals surface area contributed by atoms with E-state index in [1.54, 1.807) is 7.11 Å². The lowest BCUT2D eigenvalue weighted by Gasteiger charge is -2.34. The lowest BCUT2D eigenvalue weighted by molar-refractivity contribution is 0.129. The zero-order valence-corrected chi connectivity index (χ0v) is 10.6. The van der Waals surface area contributed by atoms with Crippen LogP contribution in [0.4, 0.5) is 0 Å². The fourth-order valence-corrected chi connectivity index (χ4v) is 3.72. The highest BCUT2D eigenvalue weighted by Gasteiger charge is 2.55. The highest BCUT2D eigenvalue weighted by molar-refractivity contribution is 5.97.